The van der Waals surface area contributed by atoms with Crippen molar-refractivity contribution in [2.45, 2.75) is 0 Å². The van der Waals surface area contributed by atoms with Crippen LogP contribution in [0.3, 0.4) is 0 Å². The molecule has 0 atom stereocenters. The summed E-state index contributed by atoms with van der Waals surface area (Å²) < 4.78 is 0. The molecule has 0 bridgehead atoms. The minimum Gasteiger partial charge on any atom is -0.255 e. The van der Waals surface area contributed by atoms with Crippen molar-refractivity contribution in [3.8, 4) is 33.9 Å². The molecule has 3 nitrogen and oxygen atoms in total. The molecule has 0 N–H and O–H groups in total. The van der Waals surface area contributed by atoms with Gasteiger partial charge in [0.15, 0.2) is 0 Å². The second-order valence-electron chi connectivity index (χ2n) is 5.39. The summed E-state index contributed by atoms with van der Waals surface area (Å²) in [5, 5.41) is 0. The summed E-state index contributed by atoms with van der Waals surface area (Å²) in [7, 11) is 0. The molecule has 114 valence electrons. The molecule has 4 rings (SSSR count). The molecule has 1 aromatic carbocycles. The standard InChI is InChI=1S/C21H15N3/c1-2-8-16(9-3-1)17-10-7-15-23-21(17)20-13-6-12-19(24-20)18-11-4-5-14-22-18/h1-15H. The fourth-order valence-electron chi connectivity index (χ4n) is 2.68. The van der Waals surface area contributed by atoms with E-state index in [2.05, 4.69) is 28.2 Å². The normalized spacial score (nSPS) is 10.5. The van der Waals surface area contributed by atoms with Gasteiger partial charge in [0.25, 0.3) is 0 Å². The van der Waals surface area contributed by atoms with Gasteiger partial charge >= 0.3 is 0 Å². The summed E-state index contributed by atoms with van der Waals surface area (Å²) >= 11 is 0. The zero-order valence-electron chi connectivity index (χ0n) is 13.0. The van der Waals surface area contributed by atoms with Crippen LogP contribution in [0.4, 0.5) is 0 Å². The third kappa shape index (κ3) is 2.79. The van der Waals surface area contributed by atoms with E-state index in [-0.39, 0.29) is 0 Å². The molecule has 0 saturated carbocycles. The van der Waals surface area contributed by atoms with Crippen LogP contribution in [-0.4, -0.2) is 15.0 Å². The Labute approximate surface area is 140 Å². The summed E-state index contributed by atoms with van der Waals surface area (Å²) in [6.07, 6.45) is 3.58. The number of pyridine rings is 3. The first-order valence-corrected chi connectivity index (χ1v) is 7.81. The molecule has 3 aromatic heterocycles. The predicted molar refractivity (Wildman–Crippen MR) is 96.1 cm³/mol. The Balaban J connectivity index is 1.84. The van der Waals surface area contributed by atoms with Crippen molar-refractivity contribution in [3.05, 3.63) is 91.3 Å². The molecular weight excluding hydrogens is 294 g/mol. The maximum Gasteiger partial charge on any atom is 0.0964 e. The van der Waals surface area contributed by atoms with E-state index >= 15 is 0 Å². The predicted octanol–water partition coefficient (Wildman–Crippen LogP) is 4.87. The minimum absolute atomic E-state index is 0.845. The Morgan fingerprint density at radius 2 is 1.25 bits per heavy atom. The zero-order valence-corrected chi connectivity index (χ0v) is 13.0. The molecule has 0 saturated heterocycles. The molecule has 0 aliphatic rings. The quantitative estimate of drug-likeness (QED) is 0.542. The monoisotopic (exact) mass is 309 g/mol. The van der Waals surface area contributed by atoms with Gasteiger partial charge in [-0.3, -0.25) is 9.97 Å². The first-order valence-electron chi connectivity index (χ1n) is 7.81. The third-order valence-electron chi connectivity index (χ3n) is 3.81. The van der Waals surface area contributed by atoms with Crippen LogP contribution in [0, 0.1) is 0 Å². The molecule has 4 aromatic rings. The highest BCUT2D eigenvalue weighted by molar-refractivity contribution is 5.79. The number of hydrogen-bond donors (Lipinski definition) is 0. The Kier molecular flexibility index (Phi) is 3.82. The van der Waals surface area contributed by atoms with Crippen molar-refractivity contribution >= 4 is 0 Å². The van der Waals surface area contributed by atoms with E-state index in [1.54, 1.807) is 12.4 Å². The van der Waals surface area contributed by atoms with E-state index in [1.165, 1.54) is 0 Å². The number of aromatic nitrogens is 3. The highest BCUT2D eigenvalue weighted by Crippen LogP contribution is 2.29. The van der Waals surface area contributed by atoms with Gasteiger partial charge in [0.1, 0.15) is 0 Å². The first-order chi connectivity index (χ1) is 11.9. The Morgan fingerprint density at radius 1 is 0.500 bits per heavy atom. The van der Waals surface area contributed by atoms with Crippen molar-refractivity contribution in [2.75, 3.05) is 0 Å². The van der Waals surface area contributed by atoms with Gasteiger partial charge in [-0.1, -0.05) is 48.5 Å². The van der Waals surface area contributed by atoms with Crippen LogP contribution in [0.2, 0.25) is 0 Å². The second-order valence-corrected chi connectivity index (χ2v) is 5.39. The van der Waals surface area contributed by atoms with E-state index in [0.29, 0.717) is 0 Å². The van der Waals surface area contributed by atoms with Crippen molar-refractivity contribution in [1.29, 1.82) is 0 Å². The van der Waals surface area contributed by atoms with Gasteiger partial charge in [-0.05, 0) is 35.9 Å². The summed E-state index contributed by atoms with van der Waals surface area (Å²) in [6, 6.07) is 26.1. The number of rotatable bonds is 3. The molecule has 24 heavy (non-hydrogen) atoms. The van der Waals surface area contributed by atoms with Gasteiger partial charge in [-0.25, -0.2) is 4.98 Å². The lowest BCUT2D eigenvalue weighted by molar-refractivity contribution is 1.22. The summed E-state index contributed by atoms with van der Waals surface area (Å²) in [5.74, 6) is 0. The van der Waals surface area contributed by atoms with Crippen LogP contribution >= 0.6 is 0 Å². The van der Waals surface area contributed by atoms with Crippen LogP contribution in [0.1, 0.15) is 0 Å². The SMILES string of the molecule is c1ccc(-c2cccnc2-c2cccc(-c3ccccn3)n2)cc1. The highest BCUT2D eigenvalue weighted by Gasteiger charge is 2.10. The summed E-state index contributed by atoms with van der Waals surface area (Å²) in [6.45, 7) is 0. The molecule has 3 heterocycles. The van der Waals surface area contributed by atoms with Gasteiger partial charge in [0.05, 0.1) is 22.8 Å². The second kappa shape index (κ2) is 6.42. The summed E-state index contributed by atoms with van der Waals surface area (Å²) in [4.78, 5) is 13.7. The fourth-order valence-corrected chi connectivity index (χ4v) is 2.68. The van der Waals surface area contributed by atoms with Crippen molar-refractivity contribution in [1.82, 2.24) is 15.0 Å². The third-order valence-corrected chi connectivity index (χ3v) is 3.81. The lowest BCUT2D eigenvalue weighted by atomic mass is 10.0. The van der Waals surface area contributed by atoms with E-state index in [9.17, 15) is 0 Å². The summed E-state index contributed by atoms with van der Waals surface area (Å²) in [5.41, 5.74) is 5.63. The van der Waals surface area contributed by atoms with Gasteiger partial charge in [0.2, 0.25) is 0 Å². The van der Waals surface area contributed by atoms with Gasteiger partial charge in [-0.2, -0.15) is 0 Å². The number of nitrogens with zero attached hydrogens (tertiary/aromatic N) is 3. The van der Waals surface area contributed by atoms with E-state index < -0.39 is 0 Å². The van der Waals surface area contributed by atoms with Gasteiger partial charge in [0, 0.05) is 18.0 Å². The van der Waals surface area contributed by atoms with E-state index in [1.807, 2.05) is 60.7 Å². The Hall–Kier alpha value is -3.33. The maximum absolute atomic E-state index is 4.77. The van der Waals surface area contributed by atoms with Gasteiger partial charge < -0.3 is 0 Å². The average molecular weight is 309 g/mol. The maximum atomic E-state index is 4.77. The molecule has 3 heteroatoms. The van der Waals surface area contributed by atoms with Crippen LogP contribution < -0.4 is 0 Å². The molecule has 0 amide bonds. The molecule has 0 radical (unpaired) electrons. The number of benzene rings is 1. The molecule has 0 fully saturated rings. The average Bonchev–Trinajstić information content (AvgIpc) is 2.69. The van der Waals surface area contributed by atoms with E-state index in [0.717, 1.165) is 33.9 Å². The zero-order chi connectivity index (χ0) is 16.2. The number of hydrogen-bond acceptors (Lipinski definition) is 3. The lowest BCUT2D eigenvalue weighted by Gasteiger charge is -2.09. The van der Waals surface area contributed by atoms with Crippen molar-refractivity contribution in [3.63, 3.8) is 0 Å². The smallest absolute Gasteiger partial charge is 0.0964 e. The largest absolute Gasteiger partial charge is 0.255 e. The van der Waals surface area contributed by atoms with E-state index in [4.69, 9.17) is 4.98 Å². The molecule has 0 unspecified atom stereocenters. The van der Waals surface area contributed by atoms with Crippen LogP contribution in [0.5, 0.6) is 0 Å². The van der Waals surface area contributed by atoms with Crippen LogP contribution in [-0.2, 0) is 0 Å². The first kappa shape index (κ1) is 14.3. The van der Waals surface area contributed by atoms with Crippen LogP contribution in [0.15, 0.2) is 91.3 Å². The van der Waals surface area contributed by atoms with Gasteiger partial charge in [-0.15, -0.1) is 0 Å². The molecule has 0 aliphatic carbocycles. The topological polar surface area (TPSA) is 38.7 Å². The minimum atomic E-state index is 0.845. The fraction of sp³-hybridized carbons (Fsp3) is 0. The van der Waals surface area contributed by atoms with Crippen molar-refractivity contribution < 1.29 is 0 Å². The highest BCUT2D eigenvalue weighted by atomic mass is 14.8. The molecule has 0 aliphatic heterocycles. The Morgan fingerprint density at radius 3 is 2.08 bits per heavy atom. The molecular formula is C21H15N3. The Bertz CT molecular complexity index is 951. The van der Waals surface area contributed by atoms with Crippen molar-refractivity contribution in [2.24, 2.45) is 0 Å². The van der Waals surface area contributed by atoms with Crippen LogP contribution in [0.25, 0.3) is 33.9 Å². The lowest BCUT2D eigenvalue weighted by Crippen LogP contribution is -1.94. The molecule has 0 spiro atoms.